The van der Waals surface area contributed by atoms with Crippen LogP contribution in [0.1, 0.15) is 16.1 Å². The van der Waals surface area contributed by atoms with Gasteiger partial charge in [0.25, 0.3) is 5.91 Å². The molecule has 2 aromatic heterocycles. The van der Waals surface area contributed by atoms with Gasteiger partial charge in [-0.3, -0.25) is 4.79 Å². The highest BCUT2D eigenvalue weighted by Crippen LogP contribution is 2.23. The van der Waals surface area contributed by atoms with Gasteiger partial charge in [-0.05, 0) is 30.3 Å². The number of rotatable bonds is 3. The summed E-state index contributed by atoms with van der Waals surface area (Å²) in [6.45, 7) is 0.193. The van der Waals surface area contributed by atoms with Gasteiger partial charge in [0.1, 0.15) is 28.7 Å². The number of amides is 1. The molecule has 112 valence electrons. The lowest BCUT2D eigenvalue weighted by Gasteiger charge is -2.06. The van der Waals surface area contributed by atoms with E-state index in [-0.39, 0.29) is 35.4 Å². The van der Waals surface area contributed by atoms with Crippen molar-refractivity contribution in [3.05, 3.63) is 47.7 Å². The lowest BCUT2D eigenvalue weighted by atomic mass is 10.2. The maximum absolute atomic E-state index is 12.1. The van der Waals surface area contributed by atoms with Crippen LogP contribution in [-0.4, -0.2) is 16.0 Å². The third-order valence-electron chi connectivity index (χ3n) is 3.17. The SMILES string of the molecule is Nc1ccc(C(=O)NCc2cc3ccc(O)cc3o2)c(N)n1. The monoisotopic (exact) mass is 298 g/mol. The van der Waals surface area contributed by atoms with Gasteiger partial charge in [-0.1, -0.05) is 0 Å². The molecule has 0 saturated carbocycles. The van der Waals surface area contributed by atoms with Crippen molar-refractivity contribution in [2.45, 2.75) is 6.54 Å². The highest BCUT2D eigenvalue weighted by atomic mass is 16.3. The number of nitrogen functional groups attached to an aromatic ring is 2. The predicted molar refractivity (Wildman–Crippen MR) is 82.1 cm³/mol. The molecule has 1 aromatic carbocycles. The molecule has 6 N–H and O–H groups in total. The molecule has 0 fully saturated rings. The molecule has 0 aliphatic rings. The number of benzene rings is 1. The van der Waals surface area contributed by atoms with Crippen LogP contribution >= 0.6 is 0 Å². The van der Waals surface area contributed by atoms with E-state index in [1.807, 2.05) is 0 Å². The minimum Gasteiger partial charge on any atom is -0.508 e. The molecule has 1 amide bonds. The Kier molecular flexibility index (Phi) is 3.30. The quantitative estimate of drug-likeness (QED) is 0.582. The van der Waals surface area contributed by atoms with Gasteiger partial charge in [0.2, 0.25) is 0 Å². The van der Waals surface area contributed by atoms with E-state index < -0.39 is 0 Å². The number of phenolic OH excluding ortho intramolecular Hbond substituents is 1. The number of nitrogens with two attached hydrogens (primary N) is 2. The zero-order valence-electron chi connectivity index (χ0n) is 11.5. The van der Waals surface area contributed by atoms with Crippen LogP contribution in [0.4, 0.5) is 11.6 Å². The molecule has 7 heteroatoms. The molecule has 0 aliphatic heterocycles. The van der Waals surface area contributed by atoms with Crippen molar-refractivity contribution in [1.29, 1.82) is 0 Å². The van der Waals surface area contributed by atoms with Gasteiger partial charge < -0.3 is 26.3 Å². The smallest absolute Gasteiger partial charge is 0.255 e. The molecule has 2 heterocycles. The fourth-order valence-electron chi connectivity index (χ4n) is 2.11. The number of pyridine rings is 1. The first kappa shape index (κ1) is 13.7. The van der Waals surface area contributed by atoms with E-state index in [1.54, 1.807) is 18.2 Å². The third kappa shape index (κ3) is 2.64. The van der Waals surface area contributed by atoms with Crippen molar-refractivity contribution in [1.82, 2.24) is 10.3 Å². The maximum Gasteiger partial charge on any atom is 0.255 e. The van der Waals surface area contributed by atoms with E-state index in [0.29, 0.717) is 11.3 Å². The number of carbonyl (C=O) groups excluding carboxylic acids is 1. The minimum absolute atomic E-state index is 0.0760. The summed E-state index contributed by atoms with van der Waals surface area (Å²) < 4.78 is 5.54. The van der Waals surface area contributed by atoms with Crippen molar-refractivity contribution in [2.75, 3.05) is 11.5 Å². The first-order valence-corrected chi connectivity index (χ1v) is 6.54. The first-order valence-electron chi connectivity index (χ1n) is 6.54. The number of anilines is 2. The van der Waals surface area contributed by atoms with E-state index >= 15 is 0 Å². The standard InChI is InChI=1S/C15H14N4O3/c16-13-4-3-11(14(17)19-13)15(21)18-7-10-5-8-1-2-9(20)6-12(8)22-10/h1-6,20H,7H2,(H,18,21)(H4,16,17,19). The summed E-state index contributed by atoms with van der Waals surface area (Å²) in [5.41, 5.74) is 12.0. The van der Waals surface area contributed by atoms with E-state index in [1.165, 1.54) is 18.2 Å². The Labute approximate surface area is 125 Å². The summed E-state index contributed by atoms with van der Waals surface area (Å²) in [6, 6.07) is 9.64. The van der Waals surface area contributed by atoms with Crippen LogP contribution in [-0.2, 0) is 6.54 Å². The van der Waals surface area contributed by atoms with Gasteiger partial charge in [0, 0.05) is 11.5 Å². The molecule has 3 aromatic rings. The summed E-state index contributed by atoms with van der Waals surface area (Å²) in [5.74, 6) is 0.653. The normalized spacial score (nSPS) is 10.7. The average molecular weight is 298 g/mol. The second kappa shape index (κ2) is 5.28. The molecule has 0 saturated heterocycles. The van der Waals surface area contributed by atoms with Crippen molar-refractivity contribution in [3.63, 3.8) is 0 Å². The Balaban J connectivity index is 1.74. The summed E-state index contributed by atoms with van der Waals surface area (Å²) in [5, 5.41) is 12.9. The van der Waals surface area contributed by atoms with Gasteiger partial charge in [-0.2, -0.15) is 0 Å². The number of nitrogens with one attached hydrogen (secondary N) is 1. The summed E-state index contributed by atoms with van der Waals surface area (Å²) in [6.07, 6.45) is 0. The second-order valence-electron chi connectivity index (χ2n) is 4.79. The summed E-state index contributed by atoms with van der Waals surface area (Å²) >= 11 is 0. The van der Waals surface area contributed by atoms with Crippen molar-refractivity contribution in [3.8, 4) is 5.75 Å². The number of nitrogens with zero attached hydrogens (tertiary/aromatic N) is 1. The van der Waals surface area contributed by atoms with Gasteiger partial charge in [0.15, 0.2) is 0 Å². The van der Waals surface area contributed by atoms with E-state index in [4.69, 9.17) is 15.9 Å². The fourth-order valence-corrected chi connectivity index (χ4v) is 2.11. The molecular formula is C15H14N4O3. The van der Waals surface area contributed by atoms with Gasteiger partial charge in [0.05, 0.1) is 12.1 Å². The zero-order chi connectivity index (χ0) is 15.7. The molecule has 0 atom stereocenters. The Hall–Kier alpha value is -3.22. The lowest BCUT2D eigenvalue weighted by Crippen LogP contribution is -2.24. The number of furan rings is 1. The van der Waals surface area contributed by atoms with Crippen molar-refractivity contribution >= 4 is 28.5 Å². The maximum atomic E-state index is 12.1. The molecule has 3 rings (SSSR count). The van der Waals surface area contributed by atoms with Crippen LogP contribution < -0.4 is 16.8 Å². The van der Waals surface area contributed by atoms with Crippen molar-refractivity contribution < 1.29 is 14.3 Å². The lowest BCUT2D eigenvalue weighted by molar-refractivity contribution is 0.0949. The molecule has 0 radical (unpaired) electrons. The molecule has 0 aliphatic carbocycles. The summed E-state index contributed by atoms with van der Waals surface area (Å²) in [4.78, 5) is 15.9. The minimum atomic E-state index is -0.367. The van der Waals surface area contributed by atoms with Crippen LogP contribution in [0.2, 0.25) is 0 Å². The van der Waals surface area contributed by atoms with Crippen LogP contribution in [0.5, 0.6) is 5.75 Å². The van der Waals surface area contributed by atoms with Crippen LogP contribution in [0.15, 0.2) is 40.8 Å². The highest BCUT2D eigenvalue weighted by Gasteiger charge is 2.12. The number of carbonyl (C=O) groups is 1. The molecular weight excluding hydrogens is 284 g/mol. The van der Waals surface area contributed by atoms with Crippen LogP contribution in [0, 0.1) is 0 Å². The average Bonchev–Trinajstić information content (AvgIpc) is 2.86. The Morgan fingerprint density at radius 2 is 2.05 bits per heavy atom. The van der Waals surface area contributed by atoms with Gasteiger partial charge in [-0.15, -0.1) is 0 Å². The number of aromatic hydroxyl groups is 1. The second-order valence-corrected chi connectivity index (χ2v) is 4.79. The molecule has 22 heavy (non-hydrogen) atoms. The van der Waals surface area contributed by atoms with E-state index in [0.717, 1.165) is 5.39 Å². The Bertz CT molecular complexity index is 857. The van der Waals surface area contributed by atoms with Gasteiger partial charge >= 0.3 is 0 Å². The van der Waals surface area contributed by atoms with Crippen LogP contribution in [0.3, 0.4) is 0 Å². The van der Waals surface area contributed by atoms with Crippen molar-refractivity contribution in [2.24, 2.45) is 0 Å². The topological polar surface area (TPSA) is 127 Å². The molecule has 7 nitrogen and oxygen atoms in total. The van der Waals surface area contributed by atoms with Crippen LogP contribution in [0.25, 0.3) is 11.0 Å². The van der Waals surface area contributed by atoms with Gasteiger partial charge in [-0.25, -0.2) is 4.98 Å². The number of hydrogen-bond acceptors (Lipinski definition) is 6. The predicted octanol–water partition coefficient (Wildman–Crippen LogP) is 1.63. The highest BCUT2D eigenvalue weighted by molar-refractivity contribution is 5.98. The summed E-state index contributed by atoms with van der Waals surface area (Å²) in [7, 11) is 0. The largest absolute Gasteiger partial charge is 0.508 e. The number of fused-ring (bicyclic) bond motifs is 1. The first-order chi connectivity index (χ1) is 10.5. The zero-order valence-corrected chi connectivity index (χ0v) is 11.5. The number of hydrogen-bond donors (Lipinski definition) is 4. The fraction of sp³-hybridized carbons (Fsp3) is 0.0667. The Morgan fingerprint density at radius 3 is 2.82 bits per heavy atom. The number of aromatic nitrogens is 1. The number of phenols is 1. The van der Waals surface area contributed by atoms with E-state index in [9.17, 15) is 9.90 Å². The molecule has 0 unspecified atom stereocenters. The molecule has 0 bridgehead atoms. The third-order valence-corrected chi connectivity index (χ3v) is 3.17. The van der Waals surface area contributed by atoms with E-state index in [2.05, 4.69) is 10.3 Å². The molecule has 0 spiro atoms. The Morgan fingerprint density at radius 1 is 1.23 bits per heavy atom.